The van der Waals surface area contributed by atoms with Gasteiger partial charge in [0.25, 0.3) is 0 Å². The summed E-state index contributed by atoms with van der Waals surface area (Å²) in [6.45, 7) is 4.23. The molecule has 0 radical (unpaired) electrons. The smallest absolute Gasteiger partial charge is 0.161 e. The van der Waals surface area contributed by atoms with Crippen LogP contribution in [0.4, 0.5) is 0 Å². The van der Waals surface area contributed by atoms with Crippen molar-refractivity contribution in [1.82, 2.24) is 5.32 Å². The first-order valence-corrected chi connectivity index (χ1v) is 9.07. The highest BCUT2D eigenvalue weighted by Crippen LogP contribution is 2.32. The van der Waals surface area contributed by atoms with Gasteiger partial charge in [0.05, 0.1) is 0 Å². The van der Waals surface area contributed by atoms with E-state index in [1.54, 1.807) is 0 Å². The molecule has 132 valence electrons. The first-order chi connectivity index (χ1) is 12.8. The van der Waals surface area contributed by atoms with Crippen molar-refractivity contribution in [1.29, 1.82) is 0 Å². The van der Waals surface area contributed by atoms with E-state index in [0.717, 1.165) is 18.0 Å². The van der Waals surface area contributed by atoms with E-state index in [4.69, 9.17) is 9.47 Å². The lowest BCUT2D eigenvalue weighted by Gasteiger charge is -2.21. The predicted octanol–water partition coefficient (Wildman–Crippen LogP) is 4.98. The molecule has 0 aliphatic carbocycles. The van der Waals surface area contributed by atoms with E-state index < -0.39 is 0 Å². The van der Waals surface area contributed by atoms with Crippen molar-refractivity contribution in [2.45, 2.75) is 19.5 Å². The van der Waals surface area contributed by atoms with Crippen molar-refractivity contribution < 1.29 is 9.47 Å². The summed E-state index contributed by atoms with van der Waals surface area (Å²) in [4.78, 5) is 0. The second-order valence-corrected chi connectivity index (χ2v) is 6.57. The molecule has 3 heteroatoms. The molecule has 1 aliphatic rings. The van der Waals surface area contributed by atoms with Gasteiger partial charge < -0.3 is 14.8 Å². The van der Waals surface area contributed by atoms with Gasteiger partial charge in [0, 0.05) is 12.6 Å². The molecule has 0 bridgehead atoms. The van der Waals surface area contributed by atoms with Crippen molar-refractivity contribution in [3.05, 3.63) is 83.9 Å². The quantitative estimate of drug-likeness (QED) is 0.708. The average molecular weight is 345 g/mol. The molecule has 1 aliphatic heterocycles. The first-order valence-electron chi connectivity index (χ1n) is 9.07. The Labute approximate surface area is 154 Å². The van der Waals surface area contributed by atoms with Crippen LogP contribution in [0.15, 0.2) is 72.8 Å². The average Bonchev–Trinajstić information content (AvgIpc) is 2.72. The van der Waals surface area contributed by atoms with Gasteiger partial charge in [0.2, 0.25) is 0 Å². The Hall–Kier alpha value is -2.78. The standard InChI is InChI=1S/C23H23NO2/c1-17(20-10-11-22-23(15-20)26-13-12-25-22)24-16-18-6-5-9-21(14-18)19-7-3-2-4-8-19/h2-11,14-15,17,24H,12-13,16H2,1H3/t17-/m0/s1. The fourth-order valence-corrected chi connectivity index (χ4v) is 3.21. The summed E-state index contributed by atoms with van der Waals surface area (Å²) in [5, 5.41) is 3.60. The van der Waals surface area contributed by atoms with Crippen LogP contribution in [0.1, 0.15) is 24.1 Å². The van der Waals surface area contributed by atoms with E-state index in [1.165, 1.54) is 22.3 Å². The van der Waals surface area contributed by atoms with Crippen LogP contribution in [0.25, 0.3) is 11.1 Å². The van der Waals surface area contributed by atoms with Gasteiger partial charge in [-0.1, -0.05) is 54.6 Å². The van der Waals surface area contributed by atoms with E-state index in [-0.39, 0.29) is 6.04 Å². The van der Waals surface area contributed by atoms with Crippen LogP contribution >= 0.6 is 0 Å². The zero-order valence-electron chi connectivity index (χ0n) is 14.9. The molecule has 0 saturated carbocycles. The van der Waals surface area contributed by atoms with E-state index in [0.29, 0.717) is 13.2 Å². The molecule has 0 fully saturated rings. The lowest BCUT2D eigenvalue weighted by molar-refractivity contribution is 0.171. The van der Waals surface area contributed by atoms with E-state index in [2.05, 4.69) is 72.9 Å². The summed E-state index contributed by atoms with van der Waals surface area (Å²) in [5.74, 6) is 1.68. The summed E-state index contributed by atoms with van der Waals surface area (Å²) in [6.07, 6.45) is 0. The molecule has 0 spiro atoms. The molecular weight excluding hydrogens is 322 g/mol. The number of fused-ring (bicyclic) bond motifs is 1. The molecule has 1 atom stereocenters. The molecule has 3 nitrogen and oxygen atoms in total. The minimum absolute atomic E-state index is 0.228. The fourth-order valence-electron chi connectivity index (χ4n) is 3.21. The number of nitrogens with one attached hydrogen (secondary N) is 1. The Bertz CT molecular complexity index is 876. The molecule has 0 aromatic heterocycles. The van der Waals surface area contributed by atoms with Gasteiger partial charge in [-0.05, 0) is 47.4 Å². The Balaban J connectivity index is 1.44. The molecule has 3 aromatic carbocycles. The van der Waals surface area contributed by atoms with Gasteiger partial charge >= 0.3 is 0 Å². The third-order valence-corrected chi connectivity index (χ3v) is 4.71. The zero-order chi connectivity index (χ0) is 17.8. The van der Waals surface area contributed by atoms with Crippen molar-refractivity contribution >= 4 is 0 Å². The van der Waals surface area contributed by atoms with E-state index >= 15 is 0 Å². The topological polar surface area (TPSA) is 30.5 Å². The van der Waals surface area contributed by atoms with Gasteiger partial charge in [-0.15, -0.1) is 0 Å². The summed E-state index contributed by atoms with van der Waals surface area (Å²) in [5.41, 5.74) is 4.97. The number of hydrogen-bond donors (Lipinski definition) is 1. The fraction of sp³-hybridized carbons (Fsp3) is 0.217. The third kappa shape index (κ3) is 3.73. The second-order valence-electron chi connectivity index (χ2n) is 6.57. The molecular formula is C23H23NO2. The summed E-state index contributed by atoms with van der Waals surface area (Å²) < 4.78 is 11.3. The number of rotatable bonds is 5. The molecule has 0 unspecified atom stereocenters. The Morgan fingerprint density at radius 1 is 0.808 bits per heavy atom. The highest BCUT2D eigenvalue weighted by Gasteiger charge is 2.14. The van der Waals surface area contributed by atoms with Gasteiger partial charge in [-0.2, -0.15) is 0 Å². The van der Waals surface area contributed by atoms with Gasteiger partial charge in [0.15, 0.2) is 11.5 Å². The van der Waals surface area contributed by atoms with Crippen LogP contribution in [-0.2, 0) is 6.54 Å². The second kappa shape index (κ2) is 7.63. The molecule has 0 amide bonds. The Morgan fingerprint density at radius 2 is 1.58 bits per heavy atom. The Kier molecular flexibility index (Phi) is 4.89. The number of hydrogen-bond acceptors (Lipinski definition) is 3. The summed E-state index contributed by atoms with van der Waals surface area (Å²) in [6, 6.07) is 25.6. The maximum Gasteiger partial charge on any atom is 0.161 e. The first kappa shape index (κ1) is 16.7. The van der Waals surface area contributed by atoms with Crippen molar-refractivity contribution in [3.8, 4) is 22.6 Å². The SMILES string of the molecule is C[C@H](NCc1cccc(-c2ccccc2)c1)c1ccc2c(c1)OCCO2. The van der Waals surface area contributed by atoms with Crippen molar-refractivity contribution in [2.24, 2.45) is 0 Å². The lowest BCUT2D eigenvalue weighted by Crippen LogP contribution is -2.19. The van der Waals surface area contributed by atoms with Gasteiger partial charge in [-0.25, -0.2) is 0 Å². The largest absolute Gasteiger partial charge is 0.486 e. The van der Waals surface area contributed by atoms with Crippen molar-refractivity contribution in [2.75, 3.05) is 13.2 Å². The van der Waals surface area contributed by atoms with E-state index in [1.807, 2.05) is 12.1 Å². The summed E-state index contributed by atoms with van der Waals surface area (Å²) >= 11 is 0. The van der Waals surface area contributed by atoms with Gasteiger partial charge in [0.1, 0.15) is 13.2 Å². The minimum Gasteiger partial charge on any atom is -0.486 e. The maximum atomic E-state index is 5.69. The van der Waals surface area contributed by atoms with Crippen LogP contribution in [0.2, 0.25) is 0 Å². The van der Waals surface area contributed by atoms with Gasteiger partial charge in [-0.3, -0.25) is 0 Å². The minimum atomic E-state index is 0.228. The van der Waals surface area contributed by atoms with Crippen LogP contribution in [0, 0.1) is 0 Å². The highest BCUT2D eigenvalue weighted by atomic mass is 16.6. The third-order valence-electron chi connectivity index (χ3n) is 4.71. The van der Waals surface area contributed by atoms with E-state index in [9.17, 15) is 0 Å². The molecule has 3 aromatic rings. The van der Waals surface area contributed by atoms with Crippen LogP contribution < -0.4 is 14.8 Å². The van der Waals surface area contributed by atoms with Crippen LogP contribution in [-0.4, -0.2) is 13.2 Å². The number of ether oxygens (including phenoxy) is 2. The molecule has 0 saturated heterocycles. The summed E-state index contributed by atoms with van der Waals surface area (Å²) in [7, 11) is 0. The number of benzene rings is 3. The van der Waals surface area contributed by atoms with Crippen LogP contribution in [0.3, 0.4) is 0 Å². The van der Waals surface area contributed by atoms with Crippen molar-refractivity contribution in [3.63, 3.8) is 0 Å². The zero-order valence-corrected chi connectivity index (χ0v) is 14.9. The van der Waals surface area contributed by atoms with Crippen LogP contribution in [0.5, 0.6) is 11.5 Å². The predicted molar refractivity (Wildman–Crippen MR) is 105 cm³/mol. The Morgan fingerprint density at radius 3 is 2.42 bits per heavy atom. The molecule has 4 rings (SSSR count). The molecule has 1 N–H and O–H groups in total. The highest BCUT2D eigenvalue weighted by molar-refractivity contribution is 5.63. The molecule has 26 heavy (non-hydrogen) atoms. The molecule has 1 heterocycles. The normalized spacial score (nSPS) is 14.0. The monoisotopic (exact) mass is 345 g/mol. The maximum absolute atomic E-state index is 5.69. The lowest BCUT2D eigenvalue weighted by atomic mass is 10.0.